The minimum Gasteiger partial charge on any atom is -0.456 e. The molecule has 2 rings (SSSR count). The Balaban J connectivity index is 2.28. The molecule has 0 unspecified atom stereocenters. The monoisotopic (exact) mass is 387 g/mol. The first-order chi connectivity index (χ1) is 8.95. The van der Waals surface area contributed by atoms with E-state index in [9.17, 15) is 4.39 Å². The Morgan fingerprint density at radius 3 is 2.47 bits per heavy atom. The maximum absolute atomic E-state index is 13.3. The summed E-state index contributed by atoms with van der Waals surface area (Å²) < 4.78 is 20.3. The third kappa shape index (κ3) is 3.78. The highest BCUT2D eigenvalue weighted by Gasteiger charge is 2.08. The minimum atomic E-state index is -0.354. The molecule has 2 N–H and O–H groups in total. The Hall–Kier alpha value is -0.910. The van der Waals surface area contributed by atoms with Crippen molar-refractivity contribution in [1.82, 2.24) is 0 Å². The first-order valence-electron chi connectivity index (χ1n) is 5.64. The SMILES string of the molecule is C[C@@H](N)c1ccc(Oc2cc(F)cc(Br)c2)c(Br)c1. The summed E-state index contributed by atoms with van der Waals surface area (Å²) in [7, 11) is 0. The predicted octanol–water partition coefficient (Wildman–Crippen LogP) is 5.16. The fourth-order valence-electron chi connectivity index (χ4n) is 1.60. The lowest BCUT2D eigenvalue weighted by Crippen LogP contribution is -2.04. The van der Waals surface area contributed by atoms with Gasteiger partial charge in [-0.25, -0.2) is 4.39 Å². The van der Waals surface area contributed by atoms with E-state index in [1.54, 1.807) is 6.07 Å². The number of ether oxygens (including phenoxy) is 1. The quantitative estimate of drug-likeness (QED) is 0.787. The molecule has 5 heteroatoms. The fourth-order valence-corrected chi connectivity index (χ4v) is 2.52. The van der Waals surface area contributed by atoms with Crippen LogP contribution in [0.25, 0.3) is 0 Å². The lowest BCUT2D eigenvalue weighted by molar-refractivity contribution is 0.473. The molecule has 0 heterocycles. The number of hydrogen-bond acceptors (Lipinski definition) is 2. The molecular weight excluding hydrogens is 377 g/mol. The van der Waals surface area contributed by atoms with Crippen LogP contribution in [-0.2, 0) is 0 Å². The molecule has 0 fully saturated rings. The van der Waals surface area contributed by atoms with E-state index in [4.69, 9.17) is 10.5 Å². The number of benzene rings is 2. The number of halogens is 3. The van der Waals surface area contributed by atoms with Gasteiger partial charge in [-0.15, -0.1) is 0 Å². The van der Waals surface area contributed by atoms with Crippen molar-refractivity contribution in [3.63, 3.8) is 0 Å². The van der Waals surface area contributed by atoms with E-state index in [2.05, 4.69) is 31.9 Å². The highest BCUT2D eigenvalue weighted by molar-refractivity contribution is 9.10. The molecule has 0 amide bonds. The van der Waals surface area contributed by atoms with E-state index in [0.717, 1.165) is 10.0 Å². The fraction of sp³-hybridized carbons (Fsp3) is 0.143. The molecule has 2 aromatic carbocycles. The van der Waals surface area contributed by atoms with Gasteiger partial charge in [-0.1, -0.05) is 22.0 Å². The van der Waals surface area contributed by atoms with Gasteiger partial charge in [0.25, 0.3) is 0 Å². The summed E-state index contributed by atoms with van der Waals surface area (Å²) in [6.45, 7) is 1.91. The molecule has 0 bridgehead atoms. The van der Waals surface area contributed by atoms with E-state index in [1.165, 1.54) is 12.1 Å². The lowest BCUT2D eigenvalue weighted by atomic mass is 10.1. The average Bonchev–Trinajstić information content (AvgIpc) is 2.30. The molecule has 19 heavy (non-hydrogen) atoms. The van der Waals surface area contributed by atoms with Gasteiger partial charge in [0.1, 0.15) is 17.3 Å². The molecular formula is C14H12Br2FNO. The van der Waals surface area contributed by atoms with Gasteiger partial charge in [-0.2, -0.15) is 0 Å². The normalized spacial score (nSPS) is 12.3. The van der Waals surface area contributed by atoms with Crippen molar-refractivity contribution < 1.29 is 9.13 Å². The standard InChI is InChI=1S/C14H12Br2FNO/c1-8(18)9-2-3-14(13(16)4-9)19-12-6-10(15)5-11(17)7-12/h2-8H,18H2,1H3/t8-/m1/s1. The molecule has 2 aromatic rings. The van der Waals surface area contributed by atoms with Crippen LogP contribution in [0.5, 0.6) is 11.5 Å². The molecule has 0 aliphatic carbocycles. The van der Waals surface area contributed by atoms with Crippen molar-refractivity contribution in [2.45, 2.75) is 13.0 Å². The van der Waals surface area contributed by atoms with Gasteiger partial charge in [-0.05, 0) is 52.7 Å². The van der Waals surface area contributed by atoms with Crippen LogP contribution in [0.15, 0.2) is 45.3 Å². The minimum absolute atomic E-state index is 0.0475. The Bertz CT molecular complexity index is 582. The molecule has 2 nitrogen and oxygen atoms in total. The second-order valence-electron chi connectivity index (χ2n) is 4.19. The molecule has 0 aliphatic rings. The van der Waals surface area contributed by atoms with Crippen molar-refractivity contribution in [3.8, 4) is 11.5 Å². The van der Waals surface area contributed by atoms with E-state index < -0.39 is 0 Å². The molecule has 100 valence electrons. The summed E-state index contributed by atoms with van der Waals surface area (Å²) >= 11 is 6.65. The van der Waals surface area contributed by atoms with Crippen LogP contribution in [-0.4, -0.2) is 0 Å². The van der Waals surface area contributed by atoms with Gasteiger partial charge < -0.3 is 10.5 Å². The van der Waals surface area contributed by atoms with Crippen molar-refractivity contribution >= 4 is 31.9 Å². The van der Waals surface area contributed by atoms with Gasteiger partial charge >= 0.3 is 0 Å². The maximum atomic E-state index is 13.3. The molecule has 0 saturated carbocycles. The summed E-state index contributed by atoms with van der Waals surface area (Å²) in [4.78, 5) is 0. The molecule has 0 spiro atoms. The van der Waals surface area contributed by atoms with E-state index in [-0.39, 0.29) is 11.9 Å². The Labute approximate surface area is 128 Å². The molecule has 1 atom stereocenters. The van der Waals surface area contributed by atoms with Crippen molar-refractivity contribution in [1.29, 1.82) is 0 Å². The summed E-state index contributed by atoms with van der Waals surface area (Å²) in [6, 6.07) is 9.95. The third-order valence-electron chi connectivity index (χ3n) is 2.55. The van der Waals surface area contributed by atoms with Crippen LogP contribution in [0.1, 0.15) is 18.5 Å². The van der Waals surface area contributed by atoms with Crippen molar-refractivity contribution in [2.75, 3.05) is 0 Å². The van der Waals surface area contributed by atoms with Crippen LogP contribution in [0.2, 0.25) is 0 Å². The van der Waals surface area contributed by atoms with E-state index in [1.807, 2.05) is 25.1 Å². The lowest BCUT2D eigenvalue weighted by Gasteiger charge is -2.11. The van der Waals surface area contributed by atoms with Gasteiger partial charge in [-0.3, -0.25) is 0 Å². The van der Waals surface area contributed by atoms with Gasteiger partial charge in [0, 0.05) is 16.6 Å². The number of hydrogen-bond donors (Lipinski definition) is 1. The van der Waals surface area contributed by atoms with Gasteiger partial charge in [0.2, 0.25) is 0 Å². The first kappa shape index (κ1) is 14.5. The van der Waals surface area contributed by atoms with Gasteiger partial charge in [0.15, 0.2) is 0 Å². The van der Waals surface area contributed by atoms with Crippen LogP contribution in [0.4, 0.5) is 4.39 Å². The van der Waals surface area contributed by atoms with Crippen LogP contribution >= 0.6 is 31.9 Å². The largest absolute Gasteiger partial charge is 0.456 e. The maximum Gasteiger partial charge on any atom is 0.141 e. The average molecular weight is 389 g/mol. The van der Waals surface area contributed by atoms with Crippen LogP contribution in [0.3, 0.4) is 0 Å². The molecule has 0 aliphatic heterocycles. The zero-order valence-corrected chi connectivity index (χ0v) is 13.3. The Morgan fingerprint density at radius 2 is 1.89 bits per heavy atom. The molecule has 0 saturated heterocycles. The Kier molecular flexibility index (Phi) is 4.60. The van der Waals surface area contributed by atoms with Crippen LogP contribution in [0, 0.1) is 5.82 Å². The molecule has 0 aromatic heterocycles. The second-order valence-corrected chi connectivity index (χ2v) is 5.96. The zero-order valence-electron chi connectivity index (χ0n) is 10.2. The number of rotatable bonds is 3. The van der Waals surface area contributed by atoms with Crippen LogP contribution < -0.4 is 10.5 Å². The highest BCUT2D eigenvalue weighted by atomic mass is 79.9. The molecule has 0 radical (unpaired) electrons. The van der Waals surface area contributed by atoms with Crippen molar-refractivity contribution in [2.24, 2.45) is 5.73 Å². The second kappa shape index (κ2) is 6.03. The van der Waals surface area contributed by atoms with E-state index >= 15 is 0 Å². The predicted molar refractivity (Wildman–Crippen MR) is 80.9 cm³/mol. The third-order valence-corrected chi connectivity index (χ3v) is 3.62. The summed E-state index contributed by atoms with van der Waals surface area (Å²) in [5, 5.41) is 0. The summed E-state index contributed by atoms with van der Waals surface area (Å²) in [6.07, 6.45) is 0. The Morgan fingerprint density at radius 1 is 1.16 bits per heavy atom. The smallest absolute Gasteiger partial charge is 0.141 e. The first-order valence-corrected chi connectivity index (χ1v) is 7.23. The van der Waals surface area contributed by atoms with Crippen molar-refractivity contribution in [3.05, 3.63) is 56.7 Å². The highest BCUT2D eigenvalue weighted by Crippen LogP contribution is 2.33. The van der Waals surface area contributed by atoms with E-state index in [0.29, 0.717) is 16.0 Å². The number of nitrogens with two attached hydrogens (primary N) is 1. The topological polar surface area (TPSA) is 35.2 Å². The summed E-state index contributed by atoms with van der Waals surface area (Å²) in [5.41, 5.74) is 6.81. The summed E-state index contributed by atoms with van der Waals surface area (Å²) in [5.74, 6) is 0.690. The zero-order chi connectivity index (χ0) is 14.0. The van der Waals surface area contributed by atoms with Gasteiger partial charge in [0.05, 0.1) is 4.47 Å².